The zero-order valence-electron chi connectivity index (χ0n) is 23.2. The first-order valence-electron chi connectivity index (χ1n) is 14.4. The number of carboxylic acid groups (broad SMARTS) is 1. The second-order valence-corrected chi connectivity index (χ2v) is 11.3. The van der Waals surface area contributed by atoms with Gasteiger partial charge in [-0.05, 0) is 6.42 Å². The Morgan fingerprint density at radius 3 is 1.32 bits per heavy atom. The number of esters is 1. The highest BCUT2D eigenvalue weighted by Crippen LogP contribution is 2.15. The average Bonchev–Trinajstić information content (AvgIpc) is 2.73. The molecule has 0 radical (unpaired) electrons. The van der Waals surface area contributed by atoms with Crippen LogP contribution in [0.4, 0.5) is 0 Å². The first kappa shape index (κ1) is 32.9. The fourth-order valence-electron chi connectivity index (χ4n) is 4.53. The molecule has 0 aromatic carbocycles. The Labute approximate surface area is 211 Å². The van der Waals surface area contributed by atoms with Crippen LogP contribution >= 0.6 is 0 Å². The van der Waals surface area contributed by atoms with Crippen molar-refractivity contribution in [3.63, 3.8) is 0 Å². The molecule has 202 valence electrons. The summed E-state index contributed by atoms with van der Waals surface area (Å²) in [6, 6.07) is 0. The van der Waals surface area contributed by atoms with E-state index in [2.05, 4.69) is 6.92 Å². The lowest BCUT2D eigenvalue weighted by Gasteiger charge is -2.29. The minimum Gasteiger partial charge on any atom is -0.550 e. The highest BCUT2D eigenvalue weighted by molar-refractivity contribution is 5.70. The molecular formula is C29H57NO4. The zero-order chi connectivity index (χ0) is 25.5. The van der Waals surface area contributed by atoms with Crippen LogP contribution in [0.25, 0.3) is 0 Å². The average molecular weight is 484 g/mol. The highest BCUT2D eigenvalue weighted by Gasteiger charge is 2.22. The van der Waals surface area contributed by atoms with Gasteiger partial charge in [0.05, 0.1) is 21.1 Å². The molecule has 5 heteroatoms. The number of carbonyl (C=O) groups excluding carboxylic acids is 2. The van der Waals surface area contributed by atoms with E-state index in [4.69, 9.17) is 4.74 Å². The molecule has 0 saturated carbocycles. The molecular weight excluding hydrogens is 426 g/mol. The maximum Gasteiger partial charge on any atom is 0.306 e. The third-order valence-corrected chi connectivity index (χ3v) is 6.43. The standard InChI is InChI=1S/C29H57NO4/c1-5-6-7-8-9-10-11-12-13-14-15-16-17-18-19-20-21-22-23-24-29(33)34-27(25-28(31)32)26-30(2,3)4/h27H,5-26H2,1-4H3. The topological polar surface area (TPSA) is 66.4 Å². The van der Waals surface area contributed by atoms with Crippen molar-refractivity contribution in [3.8, 4) is 0 Å². The van der Waals surface area contributed by atoms with Crippen LogP contribution < -0.4 is 5.11 Å². The predicted octanol–water partition coefficient (Wildman–Crippen LogP) is 6.57. The summed E-state index contributed by atoms with van der Waals surface area (Å²) in [5.74, 6) is -1.46. The van der Waals surface area contributed by atoms with Gasteiger partial charge in [-0.1, -0.05) is 122 Å². The molecule has 1 unspecified atom stereocenters. The van der Waals surface area contributed by atoms with Crippen LogP contribution in [-0.4, -0.2) is 50.2 Å². The quantitative estimate of drug-likeness (QED) is 0.0837. The predicted molar refractivity (Wildman–Crippen MR) is 140 cm³/mol. The summed E-state index contributed by atoms with van der Waals surface area (Å²) in [7, 11) is 5.86. The smallest absolute Gasteiger partial charge is 0.306 e. The monoisotopic (exact) mass is 483 g/mol. The number of unbranched alkanes of at least 4 members (excludes halogenated alkanes) is 18. The van der Waals surface area contributed by atoms with Crippen LogP contribution in [0.1, 0.15) is 142 Å². The Morgan fingerprint density at radius 2 is 1.00 bits per heavy atom. The van der Waals surface area contributed by atoms with Gasteiger partial charge in [0.2, 0.25) is 0 Å². The molecule has 1 atom stereocenters. The van der Waals surface area contributed by atoms with Crippen LogP contribution in [0, 0.1) is 0 Å². The highest BCUT2D eigenvalue weighted by atomic mass is 16.5. The first-order valence-corrected chi connectivity index (χ1v) is 14.4. The van der Waals surface area contributed by atoms with E-state index in [0.717, 1.165) is 19.3 Å². The minimum atomic E-state index is -1.17. The van der Waals surface area contributed by atoms with Crippen LogP contribution in [0.5, 0.6) is 0 Å². The SMILES string of the molecule is CCCCCCCCCCCCCCCCCCCCCC(=O)OC(CC(=O)[O-])C[N+](C)(C)C. The second kappa shape index (κ2) is 22.4. The van der Waals surface area contributed by atoms with E-state index in [9.17, 15) is 14.7 Å². The van der Waals surface area contributed by atoms with E-state index < -0.39 is 12.1 Å². The Bertz CT molecular complexity index is 487. The van der Waals surface area contributed by atoms with Gasteiger partial charge < -0.3 is 19.1 Å². The lowest BCUT2D eigenvalue weighted by Crippen LogP contribution is -2.45. The number of quaternary nitrogens is 1. The molecule has 0 amide bonds. The summed E-state index contributed by atoms with van der Waals surface area (Å²) in [5.41, 5.74) is 0. The van der Waals surface area contributed by atoms with Gasteiger partial charge in [0.15, 0.2) is 6.10 Å². The van der Waals surface area contributed by atoms with Crippen molar-refractivity contribution in [3.05, 3.63) is 0 Å². The van der Waals surface area contributed by atoms with Crippen molar-refractivity contribution in [2.75, 3.05) is 27.7 Å². The zero-order valence-corrected chi connectivity index (χ0v) is 23.2. The van der Waals surface area contributed by atoms with E-state index >= 15 is 0 Å². The summed E-state index contributed by atoms with van der Waals surface area (Å²) >= 11 is 0. The van der Waals surface area contributed by atoms with E-state index in [1.807, 2.05) is 21.1 Å². The molecule has 0 saturated heterocycles. The number of likely N-dealkylation sites (N-methyl/N-ethyl adjacent to an activating group) is 1. The van der Waals surface area contributed by atoms with Gasteiger partial charge in [-0.3, -0.25) is 4.79 Å². The second-order valence-electron chi connectivity index (χ2n) is 11.3. The molecule has 0 spiro atoms. The van der Waals surface area contributed by atoms with E-state index in [1.54, 1.807) is 0 Å². The fraction of sp³-hybridized carbons (Fsp3) is 0.931. The third-order valence-electron chi connectivity index (χ3n) is 6.43. The number of hydrogen-bond donors (Lipinski definition) is 0. The fourth-order valence-corrected chi connectivity index (χ4v) is 4.53. The minimum absolute atomic E-state index is 0.236. The summed E-state index contributed by atoms with van der Waals surface area (Å²) in [5, 5.41) is 10.9. The van der Waals surface area contributed by atoms with Gasteiger partial charge in [0, 0.05) is 18.8 Å². The van der Waals surface area contributed by atoms with Crippen molar-refractivity contribution < 1.29 is 23.9 Å². The first-order chi connectivity index (χ1) is 16.2. The van der Waals surface area contributed by atoms with E-state index in [-0.39, 0.29) is 12.4 Å². The lowest BCUT2D eigenvalue weighted by molar-refractivity contribution is -0.873. The van der Waals surface area contributed by atoms with Gasteiger partial charge in [0.25, 0.3) is 0 Å². The molecule has 0 N–H and O–H groups in total. The maximum atomic E-state index is 12.1. The van der Waals surface area contributed by atoms with E-state index in [1.165, 1.54) is 103 Å². The van der Waals surface area contributed by atoms with Gasteiger partial charge in [-0.15, -0.1) is 0 Å². The van der Waals surface area contributed by atoms with Crippen molar-refractivity contribution >= 4 is 11.9 Å². The molecule has 0 aliphatic carbocycles. The number of carbonyl (C=O) groups is 2. The normalized spacial score (nSPS) is 12.6. The number of nitrogens with zero attached hydrogens (tertiary/aromatic N) is 1. The number of carboxylic acids is 1. The molecule has 0 rings (SSSR count). The van der Waals surface area contributed by atoms with Crippen LogP contribution in [0.15, 0.2) is 0 Å². The van der Waals surface area contributed by atoms with Gasteiger partial charge in [-0.2, -0.15) is 0 Å². The molecule has 0 aromatic rings. The lowest BCUT2D eigenvalue weighted by atomic mass is 10.0. The maximum absolute atomic E-state index is 12.1. The van der Waals surface area contributed by atoms with E-state index in [0.29, 0.717) is 17.4 Å². The van der Waals surface area contributed by atoms with Gasteiger partial charge >= 0.3 is 5.97 Å². The third kappa shape index (κ3) is 25.5. The summed E-state index contributed by atoms with van der Waals surface area (Å²) in [4.78, 5) is 23.0. The Kier molecular flexibility index (Phi) is 21.6. The molecule has 0 fully saturated rings. The molecule has 0 aliphatic rings. The Morgan fingerprint density at radius 1 is 0.647 bits per heavy atom. The Hall–Kier alpha value is -1.10. The molecule has 0 bridgehead atoms. The molecule has 0 aromatic heterocycles. The van der Waals surface area contributed by atoms with Crippen molar-refractivity contribution in [1.29, 1.82) is 0 Å². The van der Waals surface area contributed by atoms with Crippen LogP contribution in [0.2, 0.25) is 0 Å². The molecule has 0 heterocycles. The van der Waals surface area contributed by atoms with Gasteiger partial charge in [0.1, 0.15) is 6.54 Å². The summed E-state index contributed by atoms with van der Waals surface area (Å²) < 4.78 is 5.95. The van der Waals surface area contributed by atoms with Gasteiger partial charge in [-0.25, -0.2) is 0 Å². The van der Waals surface area contributed by atoms with Crippen LogP contribution in [-0.2, 0) is 14.3 Å². The molecule has 0 aliphatic heterocycles. The number of hydrogen-bond acceptors (Lipinski definition) is 4. The van der Waals surface area contributed by atoms with Crippen molar-refractivity contribution in [1.82, 2.24) is 0 Å². The molecule has 34 heavy (non-hydrogen) atoms. The number of ether oxygens (including phenoxy) is 1. The Balaban J connectivity index is 3.45. The number of rotatable bonds is 25. The summed E-state index contributed by atoms with van der Waals surface area (Å²) in [6.45, 7) is 2.75. The molecule has 5 nitrogen and oxygen atoms in total. The van der Waals surface area contributed by atoms with Crippen LogP contribution in [0.3, 0.4) is 0 Å². The van der Waals surface area contributed by atoms with Crippen molar-refractivity contribution in [2.24, 2.45) is 0 Å². The van der Waals surface area contributed by atoms with Crippen molar-refractivity contribution in [2.45, 2.75) is 148 Å². The number of aliphatic carboxylic acids is 1. The summed E-state index contributed by atoms with van der Waals surface area (Å²) in [6.07, 6.45) is 24.7. The largest absolute Gasteiger partial charge is 0.550 e.